The lowest BCUT2D eigenvalue weighted by atomic mass is 9.81. The van der Waals surface area contributed by atoms with Crippen LogP contribution in [0, 0.1) is 0 Å². The Labute approximate surface area is 186 Å². The smallest absolute Gasteiger partial charge is 0.264 e. The summed E-state index contributed by atoms with van der Waals surface area (Å²) in [5, 5.41) is 2.38. The van der Waals surface area contributed by atoms with Gasteiger partial charge in [-0.1, -0.05) is 72.8 Å². The van der Waals surface area contributed by atoms with Crippen molar-refractivity contribution in [2.75, 3.05) is 23.4 Å². The van der Waals surface area contributed by atoms with E-state index in [0.29, 0.717) is 0 Å². The lowest BCUT2D eigenvalue weighted by molar-refractivity contribution is -0.121. The molecule has 154 valence electrons. The Balaban J connectivity index is 1.56. The average molecular weight is 415 g/mol. The molecule has 7 rings (SSSR count). The van der Waals surface area contributed by atoms with Crippen LogP contribution in [0.1, 0.15) is 22.3 Å². The normalized spacial score (nSPS) is 20.7. The Kier molecular flexibility index (Phi) is 3.36. The highest BCUT2D eigenvalue weighted by Crippen LogP contribution is 2.53. The number of aliphatic imine (C=N–C) groups is 1. The first-order valence-electron chi connectivity index (χ1n) is 11.0. The molecular weight excluding hydrogens is 394 g/mol. The van der Waals surface area contributed by atoms with E-state index >= 15 is 0 Å². The van der Waals surface area contributed by atoms with Gasteiger partial charge < -0.3 is 9.80 Å². The molecule has 32 heavy (non-hydrogen) atoms. The third-order valence-corrected chi connectivity index (χ3v) is 7.19. The quantitative estimate of drug-likeness (QED) is 0.444. The fourth-order valence-electron chi connectivity index (χ4n) is 5.70. The third kappa shape index (κ3) is 2.07. The first-order valence-corrected chi connectivity index (χ1v) is 11.0. The van der Waals surface area contributed by atoms with Crippen molar-refractivity contribution in [3.63, 3.8) is 0 Å². The minimum absolute atomic E-state index is 0.0111. The van der Waals surface area contributed by atoms with Crippen molar-refractivity contribution in [3.8, 4) is 0 Å². The number of fused-ring (bicyclic) bond motifs is 4. The summed E-state index contributed by atoms with van der Waals surface area (Å²) in [5.41, 5.74) is 5.34. The molecule has 3 aliphatic rings. The molecule has 3 aliphatic heterocycles. The van der Waals surface area contributed by atoms with E-state index in [0.717, 1.165) is 46.9 Å². The van der Waals surface area contributed by atoms with Crippen LogP contribution in [0.4, 0.5) is 11.4 Å². The number of benzene rings is 4. The van der Waals surface area contributed by atoms with Gasteiger partial charge >= 0.3 is 0 Å². The molecule has 0 fully saturated rings. The van der Waals surface area contributed by atoms with E-state index in [1.165, 1.54) is 16.3 Å². The van der Waals surface area contributed by atoms with Gasteiger partial charge in [0.15, 0.2) is 5.54 Å². The van der Waals surface area contributed by atoms with Crippen molar-refractivity contribution in [2.45, 2.75) is 12.0 Å². The molecule has 3 heterocycles. The highest BCUT2D eigenvalue weighted by Gasteiger charge is 2.56. The summed E-state index contributed by atoms with van der Waals surface area (Å²) in [7, 11) is 1.86. The second-order valence-corrected chi connectivity index (χ2v) is 8.80. The molecule has 4 heteroatoms. The van der Waals surface area contributed by atoms with Crippen LogP contribution in [0.25, 0.3) is 10.8 Å². The molecule has 1 spiro atoms. The molecule has 1 unspecified atom stereocenters. The Morgan fingerprint density at radius 3 is 2.53 bits per heavy atom. The maximum atomic E-state index is 13.9. The molecule has 0 N–H and O–H groups in total. The Bertz CT molecular complexity index is 1490. The fourth-order valence-corrected chi connectivity index (χ4v) is 5.70. The third-order valence-electron chi connectivity index (χ3n) is 7.19. The van der Waals surface area contributed by atoms with Crippen molar-refractivity contribution >= 4 is 33.9 Å². The van der Waals surface area contributed by atoms with E-state index in [1.54, 1.807) is 4.90 Å². The zero-order valence-corrected chi connectivity index (χ0v) is 17.7. The molecule has 1 atom stereocenters. The number of carbonyl (C=O) groups is 1. The topological polar surface area (TPSA) is 35.9 Å². The van der Waals surface area contributed by atoms with E-state index < -0.39 is 5.54 Å². The van der Waals surface area contributed by atoms with Gasteiger partial charge in [-0.15, -0.1) is 0 Å². The molecule has 0 saturated carbocycles. The number of rotatable bonds is 1. The second kappa shape index (κ2) is 6.07. The van der Waals surface area contributed by atoms with Gasteiger partial charge in [0.1, 0.15) is 5.84 Å². The van der Waals surface area contributed by atoms with Gasteiger partial charge in [0, 0.05) is 36.0 Å². The van der Waals surface area contributed by atoms with Crippen LogP contribution < -0.4 is 9.80 Å². The maximum Gasteiger partial charge on any atom is 0.264 e. The van der Waals surface area contributed by atoms with Crippen molar-refractivity contribution in [2.24, 2.45) is 4.99 Å². The maximum absolute atomic E-state index is 13.9. The SMILES string of the molecule is CN1C(=O)C2(N=C(c3ccc4ccccc4c3)N3CCc4cccc2c43)c2ccccc21. The van der Waals surface area contributed by atoms with E-state index in [2.05, 4.69) is 71.6 Å². The van der Waals surface area contributed by atoms with Gasteiger partial charge in [-0.2, -0.15) is 0 Å². The van der Waals surface area contributed by atoms with Crippen LogP contribution >= 0.6 is 0 Å². The Morgan fingerprint density at radius 1 is 0.844 bits per heavy atom. The standard InChI is InChI=1S/C28H21N3O/c1-30-24-12-5-4-10-22(24)28(27(30)32)23-11-6-9-19-15-16-31(25(19)23)26(29-28)21-14-13-18-7-2-3-8-20(18)17-21/h2-14,17H,15-16H2,1H3. The summed E-state index contributed by atoms with van der Waals surface area (Å²) < 4.78 is 0. The van der Waals surface area contributed by atoms with Crippen molar-refractivity contribution < 1.29 is 4.79 Å². The van der Waals surface area contributed by atoms with Crippen LogP contribution in [-0.2, 0) is 16.8 Å². The van der Waals surface area contributed by atoms with Crippen LogP contribution in [0.3, 0.4) is 0 Å². The van der Waals surface area contributed by atoms with Crippen LogP contribution in [0.5, 0.6) is 0 Å². The molecule has 4 nitrogen and oxygen atoms in total. The predicted molar refractivity (Wildman–Crippen MR) is 129 cm³/mol. The molecule has 0 bridgehead atoms. The molecule has 0 saturated heterocycles. The summed E-state index contributed by atoms with van der Waals surface area (Å²) in [6.07, 6.45) is 0.956. The number of amides is 1. The average Bonchev–Trinajstić information content (AvgIpc) is 3.36. The predicted octanol–water partition coefficient (Wildman–Crippen LogP) is 4.88. The van der Waals surface area contributed by atoms with E-state index in [-0.39, 0.29) is 5.91 Å². The summed E-state index contributed by atoms with van der Waals surface area (Å²) in [5.74, 6) is 0.892. The summed E-state index contributed by atoms with van der Waals surface area (Å²) in [6, 6.07) is 29.3. The van der Waals surface area contributed by atoms with Crippen molar-refractivity contribution in [3.05, 3.63) is 107 Å². The fraction of sp³-hybridized carbons (Fsp3) is 0.143. The van der Waals surface area contributed by atoms with Gasteiger partial charge in [-0.25, -0.2) is 4.99 Å². The Hall–Kier alpha value is -3.92. The van der Waals surface area contributed by atoms with E-state index in [9.17, 15) is 4.79 Å². The number of amidine groups is 1. The summed E-state index contributed by atoms with van der Waals surface area (Å²) >= 11 is 0. The van der Waals surface area contributed by atoms with E-state index in [1.807, 2.05) is 25.2 Å². The highest BCUT2D eigenvalue weighted by atomic mass is 16.2. The zero-order chi connectivity index (χ0) is 21.4. The Morgan fingerprint density at radius 2 is 1.62 bits per heavy atom. The van der Waals surface area contributed by atoms with Gasteiger partial charge in [0.25, 0.3) is 5.91 Å². The molecule has 1 amide bonds. The molecule has 4 aromatic rings. The lowest BCUT2D eigenvalue weighted by Gasteiger charge is -2.37. The number of nitrogens with zero attached hydrogens (tertiary/aromatic N) is 3. The van der Waals surface area contributed by atoms with Gasteiger partial charge in [0.2, 0.25) is 0 Å². The number of hydrogen-bond donors (Lipinski definition) is 0. The van der Waals surface area contributed by atoms with Crippen LogP contribution in [0.2, 0.25) is 0 Å². The summed E-state index contributed by atoms with van der Waals surface area (Å²) in [4.78, 5) is 23.3. The largest absolute Gasteiger partial charge is 0.325 e. The minimum Gasteiger partial charge on any atom is -0.325 e. The highest BCUT2D eigenvalue weighted by molar-refractivity contribution is 6.20. The number of likely N-dealkylation sites (N-methyl/N-ethyl adjacent to an activating group) is 1. The molecule has 4 aromatic carbocycles. The molecule has 0 aromatic heterocycles. The summed E-state index contributed by atoms with van der Waals surface area (Å²) in [6.45, 7) is 0.875. The van der Waals surface area contributed by atoms with Crippen LogP contribution in [0.15, 0.2) is 89.9 Å². The number of para-hydroxylation sites is 2. The number of carbonyl (C=O) groups excluding carboxylic acids is 1. The zero-order valence-electron chi connectivity index (χ0n) is 17.7. The van der Waals surface area contributed by atoms with Gasteiger partial charge in [-0.05, 0) is 34.9 Å². The molecular formula is C28H21N3O. The first kappa shape index (κ1) is 17.7. The second-order valence-electron chi connectivity index (χ2n) is 8.80. The minimum atomic E-state index is -1.04. The van der Waals surface area contributed by atoms with Crippen LogP contribution in [-0.4, -0.2) is 25.3 Å². The van der Waals surface area contributed by atoms with Crippen molar-refractivity contribution in [1.29, 1.82) is 0 Å². The van der Waals surface area contributed by atoms with Crippen molar-refractivity contribution in [1.82, 2.24) is 0 Å². The van der Waals surface area contributed by atoms with Gasteiger partial charge in [-0.3, -0.25) is 4.79 Å². The number of hydrogen-bond acceptors (Lipinski definition) is 3. The number of anilines is 2. The first-order chi connectivity index (χ1) is 15.7. The van der Waals surface area contributed by atoms with Gasteiger partial charge in [0.05, 0.1) is 5.69 Å². The van der Waals surface area contributed by atoms with E-state index in [4.69, 9.17) is 4.99 Å². The monoisotopic (exact) mass is 415 g/mol. The molecule has 0 aliphatic carbocycles. The molecule has 0 radical (unpaired) electrons. The lowest BCUT2D eigenvalue weighted by Crippen LogP contribution is -2.46.